The molecule has 1 heterocycles. The molecule has 0 bridgehead atoms. The number of aromatic nitrogens is 2. The number of thioether (sulfide) groups is 1. The van der Waals surface area contributed by atoms with E-state index in [1.54, 1.807) is 38.1 Å². The zero-order valence-electron chi connectivity index (χ0n) is 12.6. The first-order valence-electron chi connectivity index (χ1n) is 6.71. The Morgan fingerprint density at radius 2 is 2.04 bits per heavy atom. The van der Waals surface area contributed by atoms with Crippen molar-refractivity contribution in [1.29, 1.82) is 10.5 Å². The van der Waals surface area contributed by atoms with Crippen molar-refractivity contribution in [2.75, 3.05) is 11.1 Å². The van der Waals surface area contributed by atoms with E-state index in [1.165, 1.54) is 11.8 Å². The molecule has 7 heteroatoms. The van der Waals surface area contributed by atoms with Crippen LogP contribution in [0.25, 0.3) is 0 Å². The molecular weight excluding hydrogens is 310 g/mol. The van der Waals surface area contributed by atoms with Crippen LogP contribution in [0.5, 0.6) is 0 Å². The molecule has 0 aliphatic carbocycles. The quantitative estimate of drug-likeness (QED) is 0.685. The van der Waals surface area contributed by atoms with Gasteiger partial charge in [0.2, 0.25) is 5.91 Å². The first-order chi connectivity index (χ1) is 11.0. The summed E-state index contributed by atoms with van der Waals surface area (Å²) in [6, 6.07) is 10.8. The minimum absolute atomic E-state index is 0.112. The number of hydrogen-bond acceptors (Lipinski definition) is 6. The summed E-state index contributed by atoms with van der Waals surface area (Å²) in [5.41, 5.74) is 2.03. The van der Waals surface area contributed by atoms with Crippen molar-refractivity contribution >= 4 is 23.4 Å². The highest BCUT2D eigenvalue weighted by atomic mass is 32.2. The summed E-state index contributed by atoms with van der Waals surface area (Å²) in [5.74, 6) is 0.440. The van der Waals surface area contributed by atoms with Gasteiger partial charge in [0.15, 0.2) is 0 Å². The van der Waals surface area contributed by atoms with E-state index in [-0.39, 0.29) is 11.7 Å². The fourth-order valence-electron chi connectivity index (χ4n) is 1.91. The molecule has 0 radical (unpaired) electrons. The molecule has 0 saturated heterocycles. The van der Waals surface area contributed by atoms with Crippen LogP contribution in [-0.2, 0) is 4.79 Å². The largest absolute Gasteiger partial charge is 0.325 e. The number of anilines is 1. The predicted octanol–water partition coefficient (Wildman–Crippen LogP) is 2.57. The van der Waals surface area contributed by atoms with Crippen molar-refractivity contribution in [2.24, 2.45) is 0 Å². The summed E-state index contributed by atoms with van der Waals surface area (Å²) >= 11 is 1.19. The predicted molar refractivity (Wildman–Crippen MR) is 86.7 cm³/mol. The summed E-state index contributed by atoms with van der Waals surface area (Å²) in [6.45, 7) is 3.48. The Kier molecular flexibility index (Phi) is 5.29. The van der Waals surface area contributed by atoms with Crippen LogP contribution in [0.4, 0.5) is 5.69 Å². The molecule has 2 rings (SSSR count). The highest BCUT2D eigenvalue weighted by molar-refractivity contribution is 8.00. The molecule has 1 aromatic heterocycles. The van der Waals surface area contributed by atoms with E-state index in [0.717, 1.165) is 0 Å². The second-order valence-corrected chi connectivity index (χ2v) is 5.64. The molecular formula is C16H13N5OS. The SMILES string of the molecule is Cc1nc(C)c(C#N)c(SCC(=O)Nc2cccc(C#N)c2)n1. The summed E-state index contributed by atoms with van der Waals surface area (Å²) in [5, 5.41) is 21.2. The standard InChI is InChI=1S/C16H13N5OS/c1-10-14(8-18)16(20-11(2)19-10)23-9-15(22)21-13-5-3-4-12(6-13)7-17/h3-6H,9H2,1-2H3,(H,21,22). The molecule has 2 aromatic rings. The fourth-order valence-corrected chi connectivity index (χ4v) is 2.79. The maximum Gasteiger partial charge on any atom is 0.234 e. The first kappa shape index (κ1) is 16.5. The lowest BCUT2D eigenvalue weighted by molar-refractivity contribution is -0.113. The fraction of sp³-hybridized carbons (Fsp3) is 0.188. The third-order valence-electron chi connectivity index (χ3n) is 2.90. The van der Waals surface area contributed by atoms with E-state index in [2.05, 4.69) is 21.4 Å². The van der Waals surface area contributed by atoms with Gasteiger partial charge in [-0.1, -0.05) is 17.8 Å². The topological polar surface area (TPSA) is 102 Å². The van der Waals surface area contributed by atoms with Crippen LogP contribution in [0.3, 0.4) is 0 Å². The third kappa shape index (κ3) is 4.29. The van der Waals surface area contributed by atoms with E-state index in [4.69, 9.17) is 5.26 Å². The third-order valence-corrected chi connectivity index (χ3v) is 3.87. The van der Waals surface area contributed by atoms with Crippen LogP contribution in [0.2, 0.25) is 0 Å². The van der Waals surface area contributed by atoms with E-state index < -0.39 is 0 Å². The van der Waals surface area contributed by atoms with Crippen LogP contribution >= 0.6 is 11.8 Å². The Labute approximate surface area is 138 Å². The number of hydrogen-bond donors (Lipinski definition) is 1. The number of carbonyl (C=O) groups is 1. The summed E-state index contributed by atoms with van der Waals surface area (Å²) in [7, 11) is 0. The lowest BCUT2D eigenvalue weighted by Crippen LogP contribution is -2.14. The van der Waals surface area contributed by atoms with Crippen molar-refractivity contribution in [3.63, 3.8) is 0 Å². The van der Waals surface area contributed by atoms with Gasteiger partial charge in [-0.25, -0.2) is 9.97 Å². The van der Waals surface area contributed by atoms with Gasteiger partial charge in [-0.05, 0) is 32.0 Å². The smallest absolute Gasteiger partial charge is 0.234 e. The van der Waals surface area contributed by atoms with Gasteiger partial charge in [0.1, 0.15) is 22.5 Å². The number of nitrogens with one attached hydrogen (secondary N) is 1. The molecule has 0 atom stereocenters. The summed E-state index contributed by atoms with van der Waals surface area (Å²) in [4.78, 5) is 20.4. The minimum atomic E-state index is -0.233. The molecule has 1 aromatic carbocycles. The van der Waals surface area contributed by atoms with Gasteiger partial charge in [0, 0.05) is 5.69 Å². The van der Waals surface area contributed by atoms with E-state index in [1.807, 2.05) is 6.07 Å². The van der Waals surface area contributed by atoms with E-state index >= 15 is 0 Å². The van der Waals surface area contributed by atoms with Gasteiger partial charge in [0.25, 0.3) is 0 Å². The zero-order valence-corrected chi connectivity index (χ0v) is 13.4. The molecule has 0 spiro atoms. The van der Waals surface area contributed by atoms with Crippen LogP contribution in [0, 0.1) is 36.5 Å². The van der Waals surface area contributed by atoms with Crippen LogP contribution < -0.4 is 5.32 Å². The maximum absolute atomic E-state index is 12.0. The number of aryl methyl sites for hydroxylation is 2. The van der Waals surface area contributed by atoms with Crippen molar-refractivity contribution < 1.29 is 4.79 Å². The maximum atomic E-state index is 12.0. The van der Waals surface area contributed by atoms with Crippen molar-refractivity contribution in [2.45, 2.75) is 18.9 Å². The Morgan fingerprint density at radius 1 is 1.26 bits per heavy atom. The number of nitrogens with zero attached hydrogens (tertiary/aromatic N) is 4. The number of carbonyl (C=O) groups excluding carboxylic acids is 1. The number of amides is 1. The van der Waals surface area contributed by atoms with Gasteiger partial charge in [0.05, 0.1) is 23.1 Å². The minimum Gasteiger partial charge on any atom is -0.325 e. The van der Waals surface area contributed by atoms with E-state index in [9.17, 15) is 10.1 Å². The van der Waals surface area contributed by atoms with Gasteiger partial charge < -0.3 is 5.32 Å². The number of rotatable bonds is 4. The molecule has 1 amide bonds. The molecule has 6 nitrogen and oxygen atoms in total. The average Bonchev–Trinajstić information content (AvgIpc) is 2.52. The molecule has 1 N–H and O–H groups in total. The van der Waals surface area contributed by atoms with Crippen molar-refractivity contribution in [3.8, 4) is 12.1 Å². The Bertz CT molecular complexity index is 835. The lowest BCUT2D eigenvalue weighted by Gasteiger charge is -2.07. The molecule has 114 valence electrons. The molecule has 0 aliphatic heterocycles. The number of benzene rings is 1. The molecule has 0 aliphatic rings. The second-order valence-electron chi connectivity index (χ2n) is 4.68. The van der Waals surface area contributed by atoms with Gasteiger partial charge in [-0.15, -0.1) is 0 Å². The van der Waals surface area contributed by atoms with E-state index in [0.29, 0.717) is 33.4 Å². The average molecular weight is 323 g/mol. The molecule has 0 fully saturated rings. The Morgan fingerprint density at radius 3 is 2.74 bits per heavy atom. The first-order valence-corrected chi connectivity index (χ1v) is 7.70. The molecule has 23 heavy (non-hydrogen) atoms. The van der Waals surface area contributed by atoms with Crippen LogP contribution in [0.15, 0.2) is 29.3 Å². The summed E-state index contributed by atoms with van der Waals surface area (Å²) in [6.07, 6.45) is 0. The van der Waals surface area contributed by atoms with Crippen LogP contribution in [0.1, 0.15) is 22.6 Å². The van der Waals surface area contributed by atoms with Crippen molar-refractivity contribution in [3.05, 3.63) is 46.9 Å². The van der Waals surface area contributed by atoms with Crippen LogP contribution in [-0.4, -0.2) is 21.6 Å². The normalized spacial score (nSPS) is 9.74. The monoisotopic (exact) mass is 323 g/mol. The van der Waals surface area contributed by atoms with Gasteiger partial charge >= 0.3 is 0 Å². The molecule has 0 saturated carbocycles. The van der Waals surface area contributed by atoms with Gasteiger partial charge in [-0.2, -0.15) is 10.5 Å². The summed E-state index contributed by atoms with van der Waals surface area (Å²) < 4.78 is 0. The van der Waals surface area contributed by atoms with Gasteiger partial charge in [-0.3, -0.25) is 4.79 Å². The number of nitriles is 2. The highest BCUT2D eigenvalue weighted by Crippen LogP contribution is 2.22. The van der Waals surface area contributed by atoms with Crippen molar-refractivity contribution in [1.82, 2.24) is 9.97 Å². The zero-order chi connectivity index (χ0) is 16.8. The molecule has 0 unspecified atom stereocenters. The highest BCUT2D eigenvalue weighted by Gasteiger charge is 2.12. The lowest BCUT2D eigenvalue weighted by atomic mass is 10.2. The Hall–Kier alpha value is -2.90. The Balaban J connectivity index is 2.05. The second kappa shape index (κ2) is 7.39.